The lowest BCUT2D eigenvalue weighted by Gasteiger charge is -2.25. The highest BCUT2D eigenvalue weighted by Crippen LogP contribution is 2.33. The van der Waals surface area contributed by atoms with Crippen LogP contribution in [0.25, 0.3) is 0 Å². The molecule has 1 fully saturated rings. The maximum absolute atomic E-state index is 10.0. The fourth-order valence-electron chi connectivity index (χ4n) is 2.87. The van der Waals surface area contributed by atoms with E-state index < -0.39 is 0 Å². The molecule has 3 unspecified atom stereocenters. The average Bonchev–Trinajstić information content (AvgIpc) is 2.97. The van der Waals surface area contributed by atoms with Crippen molar-refractivity contribution >= 4 is 11.8 Å². The quantitative estimate of drug-likeness (QED) is 0.908. The van der Waals surface area contributed by atoms with Crippen LogP contribution < -0.4 is 0 Å². The molecule has 1 aliphatic rings. The van der Waals surface area contributed by atoms with E-state index in [-0.39, 0.29) is 11.4 Å². The van der Waals surface area contributed by atoms with Gasteiger partial charge in [0.05, 0.1) is 6.10 Å². The molecule has 3 atom stereocenters. The summed E-state index contributed by atoms with van der Waals surface area (Å²) in [6, 6.07) is 10.4. The van der Waals surface area contributed by atoms with Crippen molar-refractivity contribution in [3.8, 4) is 0 Å². The van der Waals surface area contributed by atoms with E-state index in [1.54, 1.807) is 0 Å². The Labute approximate surface area is 135 Å². The molecule has 1 aromatic carbocycles. The minimum Gasteiger partial charge on any atom is -0.416 e. The number of rotatable bonds is 5. The van der Waals surface area contributed by atoms with Crippen molar-refractivity contribution in [2.45, 2.75) is 61.5 Å². The van der Waals surface area contributed by atoms with Crippen molar-refractivity contribution in [1.82, 2.24) is 10.2 Å². The summed E-state index contributed by atoms with van der Waals surface area (Å²) in [6.07, 6.45) is 4.67. The third-order valence-electron chi connectivity index (χ3n) is 4.22. The molecule has 5 heteroatoms. The number of aliphatic hydroxyl groups is 1. The summed E-state index contributed by atoms with van der Waals surface area (Å²) in [5.41, 5.74) is 1.28. The lowest BCUT2D eigenvalue weighted by molar-refractivity contribution is 0.136. The Morgan fingerprint density at radius 2 is 2.00 bits per heavy atom. The third-order valence-corrected chi connectivity index (χ3v) is 5.44. The largest absolute Gasteiger partial charge is 0.416 e. The molecule has 3 rings (SSSR count). The first-order chi connectivity index (χ1) is 10.7. The van der Waals surface area contributed by atoms with Gasteiger partial charge in [0.2, 0.25) is 5.89 Å². The highest BCUT2D eigenvalue weighted by Gasteiger charge is 2.26. The van der Waals surface area contributed by atoms with Gasteiger partial charge < -0.3 is 9.52 Å². The molecular formula is C17H22N2O2S. The zero-order valence-electron chi connectivity index (χ0n) is 12.8. The first-order valence-electron chi connectivity index (χ1n) is 7.94. The Morgan fingerprint density at radius 1 is 1.23 bits per heavy atom. The second kappa shape index (κ2) is 7.29. The number of hydrogen-bond donors (Lipinski definition) is 1. The normalized spacial score (nSPS) is 23.4. The van der Waals surface area contributed by atoms with Gasteiger partial charge in [-0.15, -0.1) is 10.2 Å². The molecule has 0 saturated heterocycles. The van der Waals surface area contributed by atoms with Crippen molar-refractivity contribution in [3.63, 3.8) is 0 Å². The van der Waals surface area contributed by atoms with Crippen LogP contribution in [0, 0.1) is 0 Å². The predicted molar refractivity (Wildman–Crippen MR) is 87.0 cm³/mol. The molecule has 1 aromatic heterocycles. The van der Waals surface area contributed by atoms with E-state index >= 15 is 0 Å². The number of hydrogen-bond acceptors (Lipinski definition) is 5. The summed E-state index contributed by atoms with van der Waals surface area (Å²) in [5.74, 6) is 1.02. The third kappa shape index (κ3) is 3.90. The highest BCUT2D eigenvalue weighted by atomic mass is 32.2. The van der Waals surface area contributed by atoms with Gasteiger partial charge in [0, 0.05) is 11.7 Å². The van der Waals surface area contributed by atoms with Gasteiger partial charge in [0.1, 0.15) is 0 Å². The Balaban J connectivity index is 1.59. The van der Waals surface area contributed by atoms with Crippen molar-refractivity contribution < 1.29 is 9.52 Å². The summed E-state index contributed by atoms with van der Waals surface area (Å²) in [4.78, 5) is 0. The summed E-state index contributed by atoms with van der Waals surface area (Å²) >= 11 is 1.53. The van der Waals surface area contributed by atoms with E-state index in [0.29, 0.717) is 17.0 Å². The maximum atomic E-state index is 10.0. The molecule has 0 radical (unpaired) electrons. The SMILES string of the molecule is CC(Cc1nnc(SC2CCCCC2O)o1)c1ccccc1. The van der Waals surface area contributed by atoms with Gasteiger partial charge in [0.25, 0.3) is 5.22 Å². The smallest absolute Gasteiger partial charge is 0.276 e. The standard InChI is InChI=1S/C17H22N2O2S/c1-12(13-7-3-2-4-8-13)11-16-18-19-17(21-16)22-15-10-6-5-9-14(15)20/h2-4,7-8,12,14-15,20H,5-6,9-11H2,1H3. The highest BCUT2D eigenvalue weighted by molar-refractivity contribution is 7.99. The van der Waals surface area contributed by atoms with E-state index in [0.717, 1.165) is 25.7 Å². The fourth-order valence-corrected chi connectivity index (χ4v) is 3.94. The van der Waals surface area contributed by atoms with Crippen LogP contribution >= 0.6 is 11.8 Å². The Kier molecular flexibility index (Phi) is 5.16. The van der Waals surface area contributed by atoms with Crippen molar-refractivity contribution in [2.75, 3.05) is 0 Å². The van der Waals surface area contributed by atoms with Gasteiger partial charge in [-0.1, -0.05) is 61.9 Å². The van der Waals surface area contributed by atoms with E-state index in [1.165, 1.54) is 23.7 Å². The zero-order chi connectivity index (χ0) is 15.4. The van der Waals surface area contributed by atoms with E-state index in [2.05, 4.69) is 29.3 Å². The molecule has 2 aromatic rings. The van der Waals surface area contributed by atoms with Gasteiger partial charge >= 0.3 is 0 Å². The first kappa shape index (κ1) is 15.6. The van der Waals surface area contributed by atoms with Crippen LogP contribution in [-0.2, 0) is 6.42 Å². The number of nitrogens with zero attached hydrogens (tertiary/aromatic N) is 2. The van der Waals surface area contributed by atoms with Crippen LogP contribution in [-0.4, -0.2) is 26.7 Å². The van der Waals surface area contributed by atoms with Crippen LogP contribution in [0.2, 0.25) is 0 Å². The number of benzene rings is 1. The number of aromatic nitrogens is 2. The molecule has 22 heavy (non-hydrogen) atoms. The minimum absolute atomic E-state index is 0.189. The molecule has 0 aliphatic heterocycles. The van der Waals surface area contributed by atoms with Gasteiger partial charge in [-0.05, 0) is 24.3 Å². The first-order valence-corrected chi connectivity index (χ1v) is 8.82. The molecule has 1 heterocycles. The van der Waals surface area contributed by atoms with Gasteiger partial charge in [0.15, 0.2) is 0 Å². The lowest BCUT2D eigenvalue weighted by atomic mass is 9.97. The van der Waals surface area contributed by atoms with Crippen LogP contribution in [0.4, 0.5) is 0 Å². The van der Waals surface area contributed by atoms with Gasteiger partial charge in [-0.2, -0.15) is 0 Å². The molecule has 0 bridgehead atoms. The molecule has 118 valence electrons. The second-order valence-electron chi connectivity index (χ2n) is 5.99. The maximum Gasteiger partial charge on any atom is 0.276 e. The fraction of sp³-hybridized carbons (Fsp3) is 0.529. The monoisotopic (exact) mass is 318 g/mol. The summed E-state index contributed by atoms with van der Waals surface area (Å²) in [7, 11) is 0. The molecule has 1 saturated carbocycles. The predicted octanol–water partition coefficient (Wildman–Crippen LogP) is 3.81. The lowest BCUT2D eigenvalue weighted by Crippen LogP contribution is -2.26. The Bertz CT molecular complexity index is 587. The zero-order valence-corrected chi connectivity index (χ0v) is 13.6. The molecule has 1 aliphatic carbocycles. The van der Waals surface area contributed by atoms with E-state index in [1.807, 2.05) is 18.2 Å². The Morgan fingerprint density at radius 3 is 2.77 bits per heavy atom. The summed E-state index contributed by atoms with van der Waals surface area (Å²) in [5, 5.41) is 19.1. The average molecular weight is 318 g/mol. The molecule has 0 amide bonds. The Hall–Kier alpha value is -1.33. The van der Waals surface area contributed by atoms with Gasteiger partial charge in [-0.3, -0.25) is 0 Å². The molecule has 4 nitrogen and oxygen atoms in total. The van der Waals surface area contributed by atoms with E-state index in [9.17, 15) is 5.11 Å². The number of aliphatic hydroxyl groups excluding tert-OH is 1. The molecular weight excluding hydrogens is 296 g/mol. The topological polar surface area (TPSA) is 59.2 Å². The van der Waals surface area contributed by atoms with Crippen LogP contribution in [0.3, 0.4) is 0 Å². The second-order valence-corrected chi connectivity index (χ2v) is 7.18. The van der Waals surface area contributed by atoms with Crippen molar-refractivity contribution in [3.05, 3.63) is 41.8 Å². The molecule has 0 spiro atoms. The number of thioether (sulfide) groups is 1. The van der Waals surface area contributed by atoms with Crippen molar-refractivity contribution in [1.29, 1.82) is 0 Å². The summed E-state index contributed by atoms with van der Waals surface area (Å²) < 4.78 is 5.76. The van der Waals surface area contributed by atoms with Crippen molar-refractivity contribution in [2.24, 2.45) is 0 Å². The molecule has 1 N–H and O–H groups in total. The van der Waals surface area contributed by atoms with E-state index in [4.69, 9.17) is 4.42 Å². The van der Waals surface area contributed by atoms with Crippen LogP contribution in [0.15, 0.2) is 40.0 Å². The summed E-state index contributed by atoms with van der Waals surface area (Å²) in [6.45, 7) is 2.16. The van der Waals surface area contributed by atoms with Crippen LogP contribution in [0.1, 0.15) is 50.0 Å². The van der Waals surface area contributed by atoms with Gasteiger partial charge in [-0.25, -0.2) is 0 Å². The van der Waals surface area contributed by atoms with Crippen LogP contribution in [0.5, 0.6) is 0 Å². The minimum atomic E-state index is -0.252.